The molecule has 1 aromatic rings. The number of rotatable bonds is 5. The molecule has 0 saturated heterocycles. The maximum atomic E-state index is 5.15. The predicted molar refractivity (Wildman–Crippen MR) is 51.6 cm³/mol. The molecule has 14 heavy (non-hydrogen) atoms. The third-order valence-corrected chi connectivity index (χ3v) is 1.95. The summed E-state index contributed by atoms with van der Waals surface area (Å²) in [6, 6.07) is -0.112. The number of likely N-dealkylation sites (N-methyl/N-ethyl adjacent to an activating group) is 1. The Morgan fingerprint density at radius 3 is 2.43 bits per heavy atom. The molecule has 5 nitrogen and oxygen atoms in total. The van der Waals surface area contributed by atoms with Gasteiger partial charge < -0.3 is 14.8 Å². The molecule has 0 saturated carbocycles. The Morgan fingerprint density at radius 2 is 2.00 bits per heavy atom. The first kappa shape index (κ1) is 11.0. The second-order valence-corrected chi connectivity index (χ2v) is 2.74. The van der Waals surface area contributed by atoms with Crippen LogP contribution >= 0.6 is 0 Å². The number of methoxy groups -OCH3 is 2. The Balaban J connectivity index is 2.81. The molecule has 0 aliphatic carbocycles. The van der Waals surface area contributed by atoms with Gasteiger partial charge in [0.2, 0.25) is 0 Å². The van der Waals surface area contributed by atoms with E-state index in [4.69, 9.17) is 9.47 Å². The van der Waals surface area contributed by atoms with Gasteiger partial charge in [0.25, 0.3) is 0 Å². The summed E-state index contributed by atoms with van der Waals surface area (Å²) >= 11 is 0. The minimum absolute atomic E-state index is 0.112. The summed E-state index contributed by atoms with van der Waals surface area (Å²) in [4.78, 5) is 8.17. The van der Waals surface area contributed by atoms with Crippen molar-refractivity contribution < 1.29 is 9.47 Å². The summed E-state index contributed by atoms with van der Waals surface area (Å²) in [6.45, 7) is 0. The third-order valence-electron chi connectivity index (χ3n) is 1.95. The molecule has 1 atom stereocenters. The summed E-state index contributed by atoms with van der Waals surface area (Å²) in [5.74, 6) is 0. The van der Waals surface area contributed by atoms with Crippen LogP contribution < -0.4 is 5.32 Å². The molecule has 0 aromatic carbocycles. The highest BCUT2D eigenvalue weighted by molar-refractivity contribution is 5.03. The van der Waals surface area contributed by atoms with E-state index in [1.165, 1.54) is 0 Å². The first-order valence-corrected chi connectivity index (χ1v) is 4.32. The molecule has 0 aliphatic heterocycles. The maximum absolute atomic E-state index is 5.15. The number of aromatic nitrogens is 2. The van der Waals surface area contributed by atoms with Crippen LogP contribution in [-0.4, -0.2) is 37.5 Å². The van der Waals surface area contributed by atoms with E-state index in [-0.39, 0.29) is 12.3 Å². The van der Waals surface area contributed by atoms with Crippen LogP contribution in [0.4, 0.5) is 0 Å². The van der Waals surface area contributed by atoms with E-state index in [2.05, 4.69) is 15.3 Å². The first-order valence-electron chi connectivity index (χ1n) is 4.32. The van der Waals surface area contributed by atoms with Gasteiger partial charge in [0.1, 0.15) is 6.04 Å². The van der Waals surface area contributed by atoms with Gasteiger partial charge in [-0.25, -0.2) is 0 Å². The van der Waals surface area contributed by atoms with Gasteiger partial charge >= 0.3 is 0 Å². The van der Waals surface area contributed by atoms with E-state index in [0.29, 0.717) is 0 Å². The Hall–Kier alpha value is -1.04. The molecular formula is C9H15N3O2. The highest BCUT2D eigenvalue weighted by atomic mass is 16.7. The molecule has 1 unspecified atom stereocenters. The quantitative estimate of drug-likeness (QED) is 0.690. The van der Waals surface area contributed by atoms with Gasteiger partial charge in [0, 0.05) is 26.6 Å². The average molecular weight is 197 g/mol. The van der Waals surface area contributed by atoms with Gasteiger partial charge in [0.15, 0.2) is 6.29 Å². The summed E-state index contributed by atoms with van der Waals surface area (Å²) in [6.07, 6.45) is 4.59. The SMILES string of the molecule is CNC(c1cnccn1)C(OC)OC. The molecule has 1 heterocycles. The summed E-state index contributed by atoms with van der Waals surface area (Å²) in [5, 5.41) is 3.07. The topological polar surface area (TPSA) is 56.3 Å². The standard InChI is InChI=1S/C9H15N3O2/c1-10-8(9(13-2)14-3)7-6-11-4-5-12-7/h4-6,8-10H,1-3H3. The molecule has 0 aliphatic rings. The number of nitrogens with zero attached hydrogens (tertiary/aromatic N) is 2. The van der Waals surface area contributed by atoms with Crippen molar-refractivity contribution in [2.75, 3.05) is 21.3 Å². The van der Waals surface area contributed by atoms with E-state index in [1.807, 2.05) is 7.05 Å². The molecule has 0 fully saturated rings. The van der Waals surface area contributed by atoms with E-state index < -0.39 is 0 Å². The number of nitrogens with one attached hydrogen (secondary N) is 1. The van der Waals surface area contributed by atoms with Gasteiger partial charge in [-0.15, -0.1) is 0 Å². The fourth-order valence-electron chi connectivity index (χ4n) is 1.26. The average Bonchev–Trinajstić information content (AvgIpc) is 2.27. The Bertz CT molecular complexity index is 251. The summed E-state index contributed by atoms with van der Waals surface area (Å²) < 4.78 is 10.3. The fraction of sp³-hybridized carbons (Fsp3) is 0.556. The number of ether oxygens (including phenoxy) is 2. The maximum Gasteiger partial charge on any atom is 0.177 e. The van der Waals surface area contributed by atoms with E-state index in [1.54, 1.807) is 32.8 Å². The molecule has 0 amide bonds. The Kier molecular flexibility index (Phi) is 4.45. The normalized spacial score (nSPS) is 13.1. The van der Waals surface area contributed by atoms with Gasteiger partial charge in [-0.1, -0.05) is 0 Å². The predicted octanol–water partition coefficient (Wildman–Crippen LogP) is 0.356. The number of hydrogen-bond acceptors (Lipinski definition) is 5. The lowest BCUT2D eigenvalue weighted by molar-refractivity contribution is -0.123. The van der Waals surface area contributed by atoms with Crippen LogP contribution in [-0.2, 0) is 9.47 Å². The molecule has 1 aromatic heterocycles. The lowest BCUT2D eigenvalue weighted by atomic mass is 10.2. The lowest BCUT2D eigenvalue weighted by Crippen LogP contribution is -2.33. The zero-order chi connectivity index (χ0) is 10.4. The van der Waals surface area contributed by atoms with Gasteiger partial charge in [0.05, 0.1) is 11.9 Å². The summed E-state index contributed by atoms with van der Waals surface area (Å²) in [5.41, 5.74) is 0.795. The second kappa shape index (κ2) is 5.64. The van der Waals surface area contributed by atoms with Crippen molar-refractivity contribution in [2.24, 2.45) is 0 Å². The summed E-state index contributed by atoms with van der Waals surface area (Å²) in [7, 11) is 5.01. The van der Waals surface area contributed by atoms with Crippen molar-refractivity contribution >= 4 is 0 Å². The van der Waals surface area contributed by atoms with Crippen molar-refractivity contribution in [3.05, 3.63) is 24.3 Å². The van der Waals surface area contributed by atoms with Gasteiger partial charge in [-0.2, -0.15) is 0 Å². The van der Waals surface area contributed by atoms with E-state index in [9.17, 15) is 0 Å². The Morgan fingerprint density at radius 1 is 1.29 bits per heavy atom. The van der Waals surface area contributed by atoms with Crippen molar-refractivity contribution in [1.82, 2.24) is 15.3 Å². The minimum Gasteiger partial charge on any atom is -0.354 e. The molecule has 1 N–H and O–H groups in total. The van der Waals surface area contributed by atoms with Crippen LogP contribution in [0.3, 0.4) is 0 Å². The molecule has 1 rings (SSSR count). The molecule has 0 spiro atoms. The number of hydrogen-bond donors (Lipinski definition) is 1. The van der Waals surface area contributed by atoms with Crippen LogP contribution in [0.15, 0.2) is 18.6 Å². The van der Waals surface area contributed by atoms with Crippen molar-refractivity contribution in [1.29, 1.82) is 0 Å². The molecular weight excluding hydrogens is 182 g/mol. The third kappa shape index (κ3) is 2.47. The largest absolute Gasteiger partial charge is 0.354 e. The van der Waals surface area contributed by atoms with Gasteiger partial charge in [-0.05, 0) is 7.05 Å². The first-order chi connectivity index (χ1) is 6.83. The molecule has 0 radical (unpaired) electrons. The van der Waals surface area contributed by atoms with E-state index >= 15 is 0 Å². The molecule has 78 valence electrons. The highest BCUT2D eigenvalue weighted by Gasteiger charge is 2.22. The van der Waals surface area contributed by atoms with Crippen LogP contribution in [0.5, 0.6) is 0 Å². The second-order valence-electron chi connectivity index (χ2n) is 2.74. The van der Waals surface area contributed by atoms with Crippen molar-refractivity contribution in [2.45, 2.75) is 12.3 Å². The zero-order valence-electron chi connectivity index (χ0n) is 8.60. The zero-order valence-corrected chi connectivity index (χ0v) is 8.60. The van der Waals surface area contributed by atoms with Crippen LogP contribution in [0, 0.1) is 0 Å². The molecule has 0 bridgehead atoms. The van der Waals surface area contributed by atoms with Gasteiger partial charge in [-0.3, -0.25) is 9.97 Å². The Labute approximate surface area is 83.5 Å². The van der Waals surface area contributed by atoms with Crippen molar-refractivity contribution in [3.8, 4) is 0 Å². The minimum atomic E-state index is -0.364. The van der Waals surface area contributed by atoms with Crippen molar-refractivity contribution in [3.63, 3.8) is 0 Å². The lowest BCUT2D eigenvalue weighted by Gasteiger charge is -2.23. The monoisotopic (exact) mass is 197 g/mol. The van der Waals surface area contributed by atoms with Crippen LogP contribution in [0.25, 0.3) is 0 Å². The van der Waals surface area contributed by atoms with E-state index in [0.717, 1.165) is 5.69 Å². The van der Waals surface area contributed by atoms with Crippen LogP contribution in [0.2, 0.25) is 0 Å². The molecule has 5 heteroatoms. The highest BCUT2D eigenvalue weighted by Crippen LogP contribution is 2.15. The fourth-order valence-corrected chi connectivity index (χ4v) is 1.26. The smallest absolute Gasteiger partial charge is 0.177 e. The van der Waals surface area contributed by atoms with Crippen LogP contribution in [0.1, 0.15) is 11.7 Å².